The number of Topliss-reactive ketones (excluding diaryl/α,β-unsaturated/α-hetero) is 1. The van der Waals surface area contributed by atoms with Crippen molar-refractivity contribution in [2.75, 3.05) is 12.4 Å². The van der Waals surface area contributed by atoms with Gasteiger partial charge in [0.05, 0.1) is 23.2 Å². The number of benzene rings is 2. The molecule has 0 saturated heterocycles. The van der Waals surface area contributed by atoms with Crippen LogP contribution >= 0.6 is 11.6 Å². The number of nitrogens with zero attached hydrogens (tertiary/aromatic N) is 1. The summed E-state index contributed by atoms with van der Waals surface area (Å²) in [5.74, 6) is -0.112. The van der Waals surface area contributed by atoms with Crippen LogP contribution in [0.25, 0.3) is 0 Å². The van der Waals surface area contributed by atoms with Crippen LogP contribution in [-0.4, -0.2) is 12.8 Å². The van der Waals surface area contributed by atoms with E-state index in [4.69, 9.17) is 16.9 Å². The first-order valence-electron chi connectivity index (χ1n) is 8.82. The maximum Gasteiger partial charge on any atom is 0.416 e. The van der Waals surface area contributed by atoms with Crippen molar-refractivity contribution in [2.24, 2.45) is 0 Å². The van der Waals surface area contributed by atoms with Crippen molar-refractivity contribution in [3.05, 3.63) is 75.4 Å². The second-order valence-corrected chi connectivity index (χ2v) is 7.00. The Kier molecular flexibility index (Phi) is 5.96. The highest BCUT2D eigenvalue weighted by molar-refractivity contribution is 6.31. The third-order valence-corrected chi connectivity index (χ3v) is 5.06. The van der Waals surface area contributed by atoms with Crippen LogP contribution in [-0.2, 0) is 11.0 Å². The molecule has 29 heavy (non-hydrogen) atoms. The number of carbonyl (C=O) groups excluding carboxylic acids is 1. The second kappa shape index (κ2) is 8.27. The summed E-state index contributed by atoms with van der Waals surface area (Å²) in [5, 5.41) is 15.4. The predicted molar refractivity (Wildman–Crippen MR) is 104 cm³/mol. The average Bonchev–Trinajstić information content (AvgIpc) is 3.03. The second-order valence-electron chi connectivity index (χ2n) is 6.59. The lowest BCUT2D eigenvalue weighted by molar-refractivity contribution is -0.137. The summed E-state index contributed by atoms with van der Waals surface area (Å²) in [6.07, 6.45) is -3.82. The molecule has 2 aromatic rings. The van der Waals surface area contributed by atoms with E-state index in [2.05, 4.69) is 10.6 Å². The number of hydrogen-bond donors (Lipinski definition) is 2. The molecule has 0 fully saturated rings. The number of hydrogen-bond acceptors (Lipinski definition) is 4. The van der Waals surface area contributed by atoms with Gasteiger partial charge in [0.1, 0.15) is 0 Å². The zero-order valence-electron chi connectivity index (χ0n) is 15.4. The fourth-order valence-corrected chi connectivity index (χ4v) is 3.66. The summed E-state index contributed by atoms with van der Waals surface area (Å²) < 4.78 is 39.0. The van der Waals surface area contributed by atoms with Crippen LogP contribution in [0.15, 0.2) is 53.7 Å². The van der Waals surface area contributed by atoms with Gasteiger partial charge in [-0.3, -0.25) is 4.79 Å². The van der Waals surface area contributed by atoms with Gasteiger partial charge in [0.25, 0.3) is 0 Å². The van der Waals surface area contributed by atoms with Gasteiger partial charge < -0.3 is 10.6 Å². The van der Waals surface area contributed by atoms with Crippen LogP contribution in [0.4, 0.5) is 18.9 Å². The lowest BCUT2D eigenvalue weighted by Crippen LogP contribution is -2.23. The highest BCUT2D eigenvalue weighted by atomic mass is 35.5. The maximum atomic E-state index is 13.0. The molecule has 0 amide bonds. The third-order valence-electron chi connectivity index (χ3n) is 4.73. The maximum absolute atomic E-state index is 13.0. The number of allylic oxidation sites excluding steroid dienone is 1. The van der Waals surface area contributed by atoms with Crippen molar-refractivity contribution in [1.29, 1.82) is 5.26 Å². The number of rotatable bonds is 5. The lowest BCUT2D eigenvalue weighted by Gasteiger charge is -2.21. The fourth-order valence-electron chi connectivity index (χ4n) is 3.37. The Hall–Kier alpha value is -2.82. The van der Waals surface area contributed by atoms with Crippen LogP contribution < -0.4 is 10.6 Å². The quantitative estimate of drug-likeness (QED) is 0.697. The Bertz CT molecular complexity index is 1020. The Morgan fingerprint density at radius 1 is 1.17 bits per heavy atom. The Labute approximate surface area is 171 Å². The molecule has 2 N–H and O–H groups in total. The highest BCUT2D eigenvalue weighted by Gasteiger charge is 2.33. The van der Waals surface area contributed by atoms with E-state index in [1.807, 2.05) is 6.07 Å². The van der Waals surface area contributed by atoms with Crippen molar-refractivity contribution < 1.29 is 18.0 Å². The SMILES string of the molecule is CNC(C1=C(Nc2cccc(C(F)(F)F)c2)CCC1=O)c1ccc(C#N)cc1Cl. The first-order valence-corrected chi connectivity index (χ1v) is 9.19. The number of ketones is 1. The molecule has 1 unspecified atom stereocenters. The molecule has 1 atom stereocenters. The normalized spacial score (nSPS) is 15.4. The zero-order chi connectivity index (χ0) is 21.2. The smallest absolute Gasteiger partial charge is 0.358 e. The van der Waals surface area contributed by atoms with Crippen molar-refractivity contribution >= 4 is 23.1 Å². The molecular weight excluding hydrogens is 403 g/mol. The monoisotopic (exact) mass is 419 g/mol. The molecular formula is C21H17ClF3N3O. The molecule has 0 aromatic heterocycles. The van der Waals surface area contributed by atoms with Gasteiger partial charge in [0.15, 0.2) is 5.78 Å². The van der Waals surface area contributed by atoms with Crippen LogP contribution in [0.3, 0.4) is 0 Å². The minimum absolute atomic E-state index is 0.112. The van der Waals surface area contributed by atoms with E-state index in [9.17, 15) is 18.0 Å². The molecule has 1 aliphatic rings. The number of alkyl halides is 3. The summed E-state index contributed by atoms with van der Waals surface area (Å²) in [6.45, 7) is 0. The van der Waals surface area contributed by atoms with Crippen LogP contribution in [0, 0.1) is 11.3 Å². The molecule has 8 heteroatoms. The number of likely N-dealkylation sites (N-methyl/N-ethyl adjacent to an activating group) is 1. The summed E-state index contributed by atoms with van der Waals surface area (Å²) in [4.78, 5) is 12.6. The van der Waals surface area contributed by atoms with E-state index in [0.29, 0.717) is 33.8 Å². The van der Waals surface area contributed by atoms with Crippen molar-refractivity contribution in [3.63, 3.8) is 0 Å². The van der Waals surface area contributed by atoms with E-state index < -0.39 is 17.8 Å². The summed E-state index contributed by atoms with van der Waals surface area (Å²) in [6, 6.07) is 11.1. The largest absolute Gasteiger partial charge is 0.416 e. The van der Waals surface area contributed by atoms with E-state index >= 15 is 0 Å². The predicted octanol–water partition coefficient (Wildman–Crippen LogP) is 5.22. The Balaban J connectivity index is 2.00. The molecule has 4 nitrogen and oxygen atoms in total. The van der Waals surface area contributed by atoms with Crippen molar-refractivity contribution in [1.82, 2.24) is 5.32 Å². The highest BCUT2D eigenvalue weighted by Crippen LogP contribution is 2.37. The van der Waals surface area contributed by atoms with Gasteiger partial charge in [-0.25, -0.2) is 0 Å². The molecule has 2 aromatic carbocycles. The number of nitrogens with one attached hydrogen (secondary N) is 2. The topological polar surface area (TPSA) is 64.9 Å². The van der Waals surface area contributed by atoms with Crippen LogP contribution in [0.1, 0.15) is 35.6 Å². The first-order chi connectivity index (χ1) is 13.7. The number of anilines is 1. The van der Waals surface area contributed by atoms with Gasteiger partial charge in [-0.2, -0.15) is 18.4 Å². The van der Waals surface area contributed by atoms with Gasteiger partial charge in [-0.15, -0.1) is 0 Å². The van der Waals surface area contributed by atoms with Crippen LogP contribution in [0.2, 0.25) is 5.02 Å². The van der Waals surface area contributed by atoms with Gasteiger partial charge in [0, 0.05) is 28.4 Å². The first kappa shape index (κ1) is 20.9. The average molecular weight is 420 g/mol. The molecule has 0 radical (unpaired) electrons. The zero-order valence-corrected chi connectivity index (χ0v) is 16.2. The molecule has 0 heterocycles. The minimum Gasteiger partial charge on any atom is -0.358 e. The number of halogens is 4. The van der Waals surface area contributed by atoms with Gasteiger partial charge in [-0.1, -0.05) is 23.7 Å². The van der Waals surface area contributed by atoms with Crippen LogP contribution in [0.5, 0.6) is 0 Å². The molecule has 0 bridgehead atoms. The summed E-state index contributed by atoms with van der Waals surface area (Å²) in [5.41, 5.74) is 1.46. The van der Waals surface area contributed by atoms with Gasteiger partial charge in [0.2, 0.25) is 0 Å². The molecule has 1 aliphatic carbocycles. The molecule has 0 aliphatic heterocycles. The molecule has 3 rings (SSSR count). The minimum atomic E-state index is -4.45. The third kappa shape index (κ3) is 4.44. The Morgan fingerprint density at radius 2 is 1.93 bits per heavy atom. The fraction of sp³-hybridized carbons (Fsp3) is 0.238. The van der Waals surface area contributed by atoms with Crippen molar-refractivity contribution in [3.8, 4) is 6.07 Å². The van der Waals surface area contributed by atoms with Crippen molar-refractivity contribution in [2.45, 2.75) is 25.1 Å². The summed E-state index contributed by atoms with van der Waals surface area (Å²) >= 11 is 6.32. The Morgan fingerprint density at radius 3 is 2.55 bits per heavy atom. The lowest BCUT2D eigenvalue weighted by atomic mass is 9.95. The van der Waals surface area contributed by atoms with E-state index in [0.717, 1.165) is 12.1 Å². The number of nitriles is 1. The molecule has 0 saturated carbocycles. The number of carbonyl (C=O) groups is 1. The standard InChI is InChI=1S/C21H17ClF3N3O/c1-27-20(15-6-5-12(11-26)9-16(15)22)19-17(7-8-18(19)29)28-14-4-2-3-13(10-14)21(23,24)25/h2-6,9-10,20,27-28H,7-8H2,1H3. The van der Waals surface area contributed by atoms with Gasteiger partial charge >= 0.3 is 6.18 Å². The molecule has 150 valence electrons. The van der Waals surface area contributed by atoms with E-state index in [1.165, 1.54) is 18.2 Å². The van der Waals surface area contributed by atoms with E-state index in [1.54, 1.807) is 19.2 Å². The van der Waals surface area contributed by atoms with Gasteiger partial charge in [-0.05, 0) is 49.4 Å². The molecule has 0 spiro atoms. The summed E-state index contributed by atoms with van der Waals surface area (Å²) in [7, 11) is 1.67. The van der Waals surface area contributed by atoms with E-state index in [-0.39, 0.29) is 17.9 Å².